The predicted molar refractivity (Wildman–Crippen MR) is 95.6 cm³/mol. The standard InChI is InChI=1S/C20H16F2N2O3/c1-12-18(19(25)26-2)23-11-16(24-12)14-8-9-17(27-20(21)22)15(10-14)13-6-4-3-5-7-13/h3-11,20H,1-2H3. The Hall–Kier alpha value is -3.35. The van der Waals surface area contributed by atoms with E-state index in [2.05, 4.69) is 19.4 Å². The number of carbonyl (C=O) groups is 1. The van der Waals surface area contributed by atoms with Crippen LogP contribution in [0.1, 0.15) is 16.2 Å². The van der Waals surface area contributed by atoms with Gasteiger partial charge in [0.1, 0.15) is 5.75 Å². The molecule has 0 aliphatic carbocycles. The normalized spacial score (nSPS) is 10.7. The van der Waals surface area contributed by atoms with Crippen LogP contribution >= 0.6 is 0 Å². The second-order valence-corrected chi connectivity index (χ2v) is 5.64. The third-order valence-corrected chi connectivity index (χ3v) is 3.90. The molecule has 138 valence electrons. The Morgan fingerprint density at radius 3 is 2.44 bits per heavy atom. The molecule has 0 radical (unpaired) electrons. The third kappa shape index (κ3) is 4.08. The predicted octanol–water partition coefficient (Wildman–Crippen LogP) is 4.51. The molecule has 7 heteroatoms. The topological polar surface area (TPSA) is 61.3 Å². The van der Waals surface area contributed by atoms with E-state index in [9.17, 15) is 13.6 Å². The molecule has 0 amide bonds. The van der Waals surface area contributed by atoms with Crippen LogP contribution in [-0.2, 0) is 4.74 Å². The molecule has 0 unspecified atom stereocenters. The molecule has 0 atom stereocenters. The summed E-state index contributed by atoms with van der Waals surface area (Å²) in [6, 6.07) is 13.8. The van der Waals surface area contributed by atoms with E-state index in [4.69, 9.17) is 0 Å². The van der Waals surface area contributed by atoms with Crippen molar-refractivity contribution in [1.82, 2.24) is 9.97 Å². The summed E-state index contributed by atoms with van der Waals surface area (Å²) in [5, 5.41) is 0. The Morgan fingerprint density at radius 2 is 1.81 bits per heavy atom. The van der Waals surface area contributed by atoms with Crippen molar-refractivity contribution in [2.75, 3.05) is 7.11 Å². The fraction of sp³-hybridized carbons (Fsp3) is 0.150. The largest absolute Gasteiger partial charge is 0.464 e. The Labute approximate surface area is 154 Å². The average Bonchev–Trinajstić information content (AvgIpc) is 2.68. The van der Waals surface area contributed by atoms with Gasteiger partial charge in [0.05, 0.1) is 24.7 Å². The third-order valence-electron chi connectivity index (χ3n) is 3.90. The number of hydrogen-bond donors (Lipinski definition) is 0. The first-order chi connectivity index (χ1) is 13.0. The van der Waals surface area contributed by atoms with Crippen LogP contribution in [0.15, 0.2) is 54.7 Å². The zero-order chi connectivity index (χ0) is 19.4. The molecule has 0 bridgehead atoms. The number of carbonyl (C=O) groups excluding carboxylic acids is 1. The lowest BCUT2D eigenvalue weighted by atomic mass is 10.0. The summed E-state index contributed by atoms with van der Waals surface area (Å²) in [5.74, 6) is -0.506. The Kier molecular flexibility index (Phi) is 5.40. The van der Waals surface area contributed by atoms with Crippen molar-refractivity contribution in [3.8, 4) is 28.1 Å². The molecule has 3 rings (SSSR count). The number of alkyl halides is 2. The molecule has 0 aliphatic rings. The lowest BCUT2D eigenvalue weighted by Crippen LogP contribution is -2.08. The first-order valence-corrected chi connectivity index (χ1v) is 8.06. The number of aryl methyl sites for hydroxylation is 1. The summed E-state index contributed by atoms with van der Waals surface area (Å²) < 4.78 is 34.8. The quantitative estimate of drug-likeness (QED) is 0.619. The van der Waals surface area contributed by atoms with E-state index in [1.165, 1.54) is 19.4 Å². The number of halogens is 2. The Bertz CT molecular complexity index is 963. The van der Waals surface area contributed by atoms with E-state index in [0.717, 1.165) is 5.56 Å². The molecule has 0 saturated heterocycles. The molecule has 0 spiro atoms. The molecular weight excluding hydrogens is 354 g/mol. The minimum absolute atomic E-state index is 0.0656. The van der Waals surface area contributed by atoms with E-state index in [0.29, 0.717) is 22.5 Å². The van der Waals surface area contributed by atoms with E-state index in [-0.39, 0.29) is 11.4 Å². The smallest absolute Gasteiger partial charge is 0.387 e. The van der Waals surface area contributed by atoms with E-state index >= 15 is 0 Å². The summed E-state index contributed by atoms with van der Waals surface area (Å²) >= 11 is 0. The minimum Gasteiger partial charge on any atom is -0.464 e. The molecule has 0 N–H and O–H groups in total. The molecule has 1 heterocycles. The fourth-order valence-electron chi connectivity index (χ4n) is 2.65. The number of nitrogens with zero attached hydrogens (tertiary/aromatic N) is 2. The molecule has 27 heavy (non-hydrogen) atoms. The van der Waals surface area contributed by atoms with Gasteiger partial charge >= 0.3 is 12.6 Å². The van der Waals surface area contributed by atoms with Gasteiger partial charge in [-0.25, -0.2) is 14.8 Å². The van der Waals surface area contributed by atoms with Gasteiger partial charge in [0, 0.05) is 11.1 Å². The first-order valence-electron chi connectivity index (χ1n) is 8.06. The van der Waals surface area contributed by atoms with Crippen LogP contribution in [0.3, 0.4) is 0 Å². The van der Waals surface area contributed by atoms with Crippen LogP contribution in [0.25, 0.3) is 22.4 Å². The molecular formula is C20H16F2N2O3. The molecule has 2 aromatic carbocycles. The second kappa shape index (κ2) is 7.90. The SMILES string of the molecule is COC(=O)c1ncc(-c2ccc(OC(F)F)c(-c3ccccc3)c2)nc1C. The van der Waals surface area contributed by atoms with Crippen LogP contribution in [-0.4, -0.2) is 29.7 Å². The monoisotopic (exact) mass is 370 g/mol. The van der Waals surface area contributed by atoms with Gasteiger partial charge in [-0.2, -0.15) is 8.78 Å². The van der Waals surface area contributed by atoms with Gasteiger partial charge in [0.2, 0.25) is 0 Å². The van der Waals surface area contributed by atoms with Crippen LogP contribution in [0, 0.1) is 6.92 Å². The van der Waals surface area contributed by atoms with E-state index in [1.54, 1.807) is 31.2 Å². The number of rotatable bonds is 5. The number of aromatic nitrogens is 2. The van der Waals surface area contributed by atoms with Crippen molar-refractivity contribution in [2.24, 2.45) is 0 Å². The van der Waals surface area contributed by atoms with Crippen molar-refractivity contribution < 1.29 is 23.0 Å². The maximum absolute atomic E-state index is 12.8. The number of benzene rings is 2. The summed E-state index contributed by atoms with van der Waals surface area (Å²) in [6.45, 7) is -1.28. The van der Waals surface area contributed by atoms with Gasteiger partial charge in [0.25, 0.3) is 0 Å². The lowest BCUT2D eigenvalue weighted by molar-refractivity contribution is -0.0494. The van der Waals surface area contributed by atoms with Gasteiger partial charge in [-0.05, 0) is 30.7 Å². The number of methoxy groups -OCH3 is 1. The van der Waals surface area contributed by atoms with Gasteiger partial charge in [-0.15, -0.1) is 0 Å². The van der Waals surface area contributed by atoms with Crippen molar-refractivity contribution in [2.45, 2.75) is 13.5 Å². The number of hydrogen-bond acceptors (Lipinski definition) is 5. The highest BCUT2D eigenvalue weighted by atomic mass is 19.3. The number of esters is 1. The molecule has 0 fully saturated rings. The molecule has 0 aliphatic heterocycles. The van der Waals surface area contributed by atoms with Crippen molar-refractivity contribution in [3.63, 3.8) is 0 Å². The highest BCUT2D eigenvalue weighted by Crippen LogP contribution is 2.34. The van der Waals surface area contributed by atoms with E-state index < -0.39 is 12.6 Å². The van der Waals surface area contributed by atoms with Gasteiger partial charge in [-0.3, -0.25) is 0 Å². The average molecular weight is 370 g/mol. The molecule has 3 aromatic rings. The summed E-state index contributed by atoms with van der Waals surface area (Å²) in [5.41, 5.74) is 2.93. The van der Waals surface area contributed by atoms with Crippen molar-refractivity contribution in [3.05, 3.63) is 66.1 Å². The summed E-state index contributed by atoms with van der Waals surface area (Å²) in [4.78, 5) is 20.2. The highest BCUT2D eigenvalue weighted by Gasteiger charge is 2.16. The van der Waals surface area contributed by atoms with Crippen LogP contribution in [0.2, 0.25) is 0 Å². The second-order valence-electron chi connectivity index (χ2n) is 5.64. The molecule has 5 nitrogen and oxygen atoms in total. The fourth-order valence-corrected chi connectivity index (χ4v) is 2.65. The minimum atomic E-state index is -2.93. The zero-order valence-electron chi connectivity index (χ0n) is 14.6. The van der Waals surface area contributed by atoms with Crippen LogP contribution in [0.4, 0.5) is 8.78 Å². The maximum atomic E-state index is 12.8. The Morgan fingerprint density at radius 1 is 1.07 bits per heavy atom. The Balaban J connectivity index is 2.07. The van der Waals surface area contributed by atoms with Gasteiger partial charge in [-0.1, -0.05) is 30.3 Å². The summed E-state index contributed by atoms with van der Waals surface area (Å²) in [7, 11) is 1.27. The van der Waals surface area contributed by atoms with E-state index in [1.807, 2.05) is 18.2 Å². The first kappa shape index (κ1) is 18.4. The zero-order valence-corrected chi connectivity index (χ0v) is 14.6. The maximum Gasteiger partial charge on any atom is 0.387 e. The highest BCUT2D eigenvalue weighted by molar-refractivity contribution is 5.88. The number of ether oxygens (including phenoxy) is 2. The molecule has 0 saturated carbocycles. The van der Waals surface area contributed by atoms with Gasteiger partial charge in [0.15, 0.2) is 5.69 Å². The van der Waals surface area contributed by atoms with Crippen molar-refractivity contribution >= 4 is 5.97 Å². The summed E-state index contributed by atoms with van der Waals surface area (Å²) in [6.07, 6.45) is 1.44. The lowest BCUT2D eigenvalue weighted by Gasteiger charge is -2.13. The van der Waals surface area contributed by atoms with Crippen LogP contribution in [0.5, 0.6) is 5.75 Å². The van der Waals surface area contributed by atoms with Crippen LogP contribution < -0.4 is 4.74 Å². The molecule has 1 aromatic heterocycles. The van der Waals surface area contributed by atoms with Crippen molar-refractivity contribution in [1.29, 1.82) is 0 Å². The van der Waals surface area contributed by atoms with Gasteiger partial charge < -0.3 is 9.47 Å².